The number of rotatable bonds is 6. The number of nitrogens with one attached hydrogen (secondary N) is 2. The van der Waals surface area contributed by atoms with Crippen molar-refractivity contribution in [2.24, 2.45) is 5.92 Å². The zero-order chi connectivity index (χ0) is 19.8. The van der Waals surface area contributed by atoms with Gasteiger partial charge in [-0.05, 0) is 25.1 Å². The number of carboxylic acids is 1. The first-order valence-corrected chi connectivity index (χ1v) is 8.38. The molecule has 9 heteroatoms. The number of ketones is 1. The van der Waals surface area contributed by atoms with Crippen LogP contribution in [0.2, 0.25) is 0 Å². The van der Waals surface area contributed by atoms with Crippen LogP contribution in [0.1, 0.15) is 12.5 Å². The molecule has 9 nitrogen and oxygen atoms in total. The number of pyridine rings is 1. The monoisotopic (exact) mass is 374 g/mol. The molecule has 0 amide bonds. The van der Waals surface area contributed by atoms with Crippen molar-refractivity contribution >= 4 is 28.9 Å². The molecule has 0 radical (unpaired) electrons. The third-order valence-corrected chi connectivity index (χ3v) is 4.59. The van der Waals surface area contributed by atoms with Crippen LogP contribution in [-0.4, -0.2) is 64.9 Å². The van der Waals surface area contributed by atoms with E-state index < -0.39 is 29.5 Å². The molecule has 0 aliphatic carbocycles. The summed E-state index contributed by atoms with van der Waals surface area (Å²) in [7, 11) is 4.80. The number of ether oxygens (including phenoxy) is 2. The highest BCUT2D eigenvalue weighted by molar-refractivity contribution is 6.12. The molecule has 0 bridgehead atoms. The fourth-order valence-electron chi connectivity index (χ4n) is 3.28. The van der Waals surface area contributed by atoms with E-state index in [1.807, 2.05) is 6.07 Å². The molecule has 2 aromatic heterocycles. The normalized spacial score (nSPS) is 25.3. The van der Waals surface area contributed by atoms with Crippen molar-refractivity contribution in [2.75, 3.05) is 21.2 Å². The highest BCUT2D eigenvalue weighted by Gasteiger charge is 2.61. The Bertz CT molecular complexity index is 906. The lowest BCUT2D eigenvalue weighted by atomic mass is 9.89. The number of carboxylic acid groups (broad SMARTS) is 1. The molecule has 3 unspecified atom stereocenters. The standard InChI is InChI=1S/C18H22N4O5/c1-10(26-4)18(21-22(2)3)14(17(24)25)15(23)13(27-18)8-11-9-20-16-12(11)6-5-7-19-16/h5-10,14,21H,1-4H3,(H,19,20)(H,24,25)/b13-8-. The smallest absolute Gasteiger partial charge is 0.320 e. The number of aromatic nitrogens is 2. The summed E-state index contributed by atoms with van der Waals surface area (Å²) in [5.41, 5.74) is 2.70. The van der Waals surface area contributed by atoms with Crippen LogP contribution in [0.25, 0.3) is 17.1 Å². The largest absolute Gasteiger partial charge is 0.481 e. The zero-order valence-electron chi connectivity index (χ0n) is 15.5. The van der Waals surface area contributed by atoms with Gasteiger partial charge in [0, 0.05) is 44.5 Å². The van der Waals surface area contributed by atoms with Crippen LogP contribution in [0.15, 0.2) is 30.3 Å². The van der Waals surface area contributed by atoms with Gasteiger partial charge in [0.25, 0.3) is 0 Å². The predicted octanol–water partition coefficient (Wildman–Crippen LogP) is 1.00. The third kappa shape index (κ3) is 3.20. The van der Waals surface area contributed by atoms with E-state index >= 15 is 0 Å². The lowest BCUT2D eigenvalue weighted by Crippen LogP contribution is -2.64. The minimum Gasteiger partial charge on any atom is -0.481 e. The summed E-state index contributed by atoms with van der Waals surface area (Å²) < 4.78 is 11.3. The molecule has 1 aliphatic rings. The van der Waals surface area contributed by atoms with Gasteiger partial charge < -0.3 is 19.6 Å². The first-order valence-electron chi connectivity index (χ1n) is 8.38. The number of aliphatic carboxylic acids is 1. The number of H-pyrrole nitrogens is 1. The first-order chi connectivity index (χ1) is 12.8. The molecule has 1 saturated heterocycles. The fourth-order valence-corrected chi connectivity index (χ4v) is 3.28. The van der Waals surface area contributed by atoms with Gasteiger partial charge in [0.15, 0.2) is 11.7 Å². The Hall–Kier alpha value is -2.75. The molecular weight excluding hydrogens is 352 g/mol. The maximum atomic E-state index is 12.9. The Morgan fingerprint density at radius 3 is 2.93 bits per heavy atom. The van der Waals surface area contributed by atoms with Gasteiger partial charge >= 0.3 is 5.97 Å². The van der Waals surface area contributed by atoms with Crippen molar-refractivity contribution < 1.29 is 24.2 Å². The van der Waals surface area contributed by atoms with E-state index in [4.69, 9.17) is 9.47 Å². The van der Waals surface area contributed by atoms with E-state index in [9.17, 15) is 14.7 Å². The highest BCUT2D eigenvalue weighted by Crippen LogP contribution is 2.39. The molecule has 144 valence electrons. The summed E-state index contributed by atoms with van der Waals surface area (Å²) in [6.45, 7) is 1.65. The molecule has 0 saturated carbocycles. The van der Waals surface area contributed by atoms with Crippen molar-refractivity contribution in [1.29, 1.82) is 0 Å². The van der Waals surface area contributed by atoms with E-state index in [0.717, 1.165) is 5.39 Å². The highest BCUT2D eigenvalue weighted by atomic mass is 16.6. The van der Waals surface area contributed by atoms with Crippen LogP contribution in [0.5, 0.6) is 0 Å². The zero-order valence-corrected chi connectivity index (χ0v) is 15.5. The van der Waals surface area contributed by atoms with Crippen molar-refractivity contribution in [3.05, 3.63) is 35.8 Å². The van der Waals surface area contributed by atoms with Crippen LogP contribution in [-0.2, 0) is 19.1 Å². The molecule has 0 spiro atoms. The summed E-state index contributed by atoms with van der Waals surface area (Å²) in [4.78, 5) is 32.1. The second kappa shape index (κ2) is 7.10. The number of fused-ring (bicyclic) bond motifs is 1. The van der Waals surface area contributed by atoms with Gasteiger partial charge in [0.05, 0.1) is 0 Å². The molecule has 3 atom stereocenters. The number of hydrogen-bond donors (Lipinski definition) is 3. The average molecular weight is 374 g/mol. The molecule has 3 N–H and O–H groups in total. The molecule has 1 fully saturated rings. The molecule has 2 aromatic rings. The van der Waals surface area contributed by atoms with Crippen LogP contribution < -0.4 is 5.43 Å². The number of carbonyl (C=O) groups excluding carboxylic acids is 1. The number of Topliss-reactive ketones (excluding diaryl/α,β-unsaturated/α-hetero) is 1. The summed E-state index contributed by atoms with van der Waals surface area (Å²) in [6.07, 6.45) is 4.15. The second-order valence-corrected chi connectivity index (χ2v) is 6.57. The number of aromatic amines is 1. The average Bonchev–Trinajstić information content (AvgIpc) is 3.14. The third-order valence-electron chi connectivity index (χ3n) is 4.59. The van der Waals surface area contributed by atoms with E-state index in [1.54, 1.807) is 39.5 Å². The maximum Gasteiger partial charge on any atom is 0.320 e. The van der Waals surface area contributed by atoms with Crippen LogP contribution in [0.3, 0.4) is 0 Å². The molecule has 3 rings (SSSR count). The predicted molar refractivity (Wildman–Crippen MR) is 97.3 cm³/mol. The van der Waals surface area contributed by atoms with E-state index in [2.05, 4.69) is 15.4 Å². The van der Waals surface area contributed by atoms with Crippen molar-refractivity contribution in [3.63, 3.8) is 0 Å². The molecule has 0 aromatic carbocycles. The van der Waals surface area contributed by atoms with Gasteiger partial charge in [-0.1, -0.05) is 0 Å². The number of nitrogens with zero attached hydrogens (tertiary/aromatic N) is 2. The topological polar surface area (TPSA) is 117 Å². The maximum absolute atomic E-state index is 12.9. The van der Waals surface area contributed by atoms with Crippen LogP contribution >= 0.6 is 0 Å². The Labute approximate surface area is 155 Å². The molecule has 27 heavy (non-hydrogen) atoms. The van der Waals surface area contributed by atoms with Gasteiger partial charge in [-0.15, -0.1) is 0 Å². The number of methoxy groups -OCH3 is 1. The van der Waals surface area contributed by atoms with Gasteiger partial charge in [-0.3, -0.25) is 9.59 Å². The minimum atomic E-state index is -1.57. The van der Waals surface area contributed by atoms with Gasteiger partial charge in [-0.25, -0.2) is 15.4 Å². The van der Waals surface area contributed by atoms with Crippen LogP contribution in [0, 0.1) is 5.92 Å². The van der Waals surface area contributed by atoms with Crippen LogP contribution in [0.4, 0.5) is 0 Å². The lowest BCUT2D eigenvalue weighted by molar-refractivity contribution is -0.176. The Morgan fingerprint density at radius 1 is 1.56 bits per heavy atom. The van der Waals surface area contributed by atoms with Crippen molar-refractivity contribution in [2.45, 2.75) is 18.8 Å². The Morgan fingerprint density at radius 2 is 2.30 bits per heavy atom. The fraction of sp³-hybridized carbons (Fsp3) is 0.389. The van der Waals surface area contributed by atoms with E-state index in [1.165, 1.54) is 18.2 Å². The summed E-state index contributed by atoms with van der Waals surface area (Å²) >= 11 is 0. The van der Waals surface area contributed by atoms with Crippen molar-refractivity contribution in [3.8, 4) is 0 Å². The summed E-state index contributed by atoms with van der Waals surface area (Å²) in [5.74, 6) is -3.43. The number of hydrazine groups is 1. The summed E-state index contributed by atoms with van der Waals surface area (Å²) in [5, 5.41) is 12.1. The molecule has 1 aliphatic heterocycles. The quantitative estimate of drug-likeness (QED) is 0.390. The number of carbonyl (C=O) groups is 2. The lowest BCUT2D eigenvalue weighted by Gasteiger charge is -2.38. The second-order valence-electron chi connectivity index (χ2n) is 6.57. The first kappa shape index (κ1) is 19.0. The van der Waals surface area contributed by atoms with Crippen molar-refractivity contribution in [1.82, 2.24) is 20.4 Å². The summed E-state index contributed by atoms with van der Waals surface area (Å²) in [6, 6.07) is 3.63. The Balaban J connectivity index is 2.10. The number of allylic oxidation sites excluding steroid dienone is 1. The van der Waals surface area contributed by atoms with Gasteiger partial charge in [-0.2, -0.15) is 0 Å². The Kier molecular flexibility index (Phi) is 5.01. The SMILES string of the molecule is COC(C)C1(NN(C)C)O/C(=C\c2c[nH]c3ncccc23)C(=O)C1C(=O)O. The molecule has 3 heterocycles. The van der Waals surface area contributed by atoms with Gasteiger partial charge in [0.2, 0.25) is 11.5 Å². The van der Waals surface area contributed by atoms with Gasteiger partial charge in [0.1, 0.15) is 11.8 Å². The molecular formula is C18H22N4O5. The number of hydrogen-bond acceptors (Lipinski definition) is 7. The van der Waals surface area contributed by atoms with E-state index in [0.29, 0.717) is 11.2 Å². The van der Waals surface area contributed by atoms with E-state index in [-0.39, 0.29) is 5.76 Å². The minimum absolute atomic E-state index is 0.0506.